The van der Waals surface area contributed by atoms with Crippen molar-refractivity contribution in [2.75, 3.05) is 5.32 Å². The summed E-state index contributed by atoms with van der Waals surface area (Å²) in [5, 5.41) is 10.5. The van der Waals surface area contributed by atoms with Crippen LogP contribution in [0.4, 0.5) is 11.4 Å². The summed E-state index contributed by atoms with van der Waals surface area (Å²) >= 11 is 0. The molecule has 8 heteroatoms. The van der Waals surface area contributed by atoms with E-state index in [-0.39, 0.29) is 11.9 Å². The van der Waals surface area contributed by atoms with Crippen molar-refractivity contribution in [3.63, 3.8) is 0 Å². The predicted molar refractivity (Wildman–Crippen MR) is 83.1 cm³/mol. The number of nitrogens with zero attached hydrogens (tertiary/aromatic N) is 6. The SMILES string of the molecule is Cc1ncc(NC(=O)c2cc(C)n(C(C)C)n2)cc1N=[N+]=[N-]. The quantitative estimate of drug-likeness (QED) is 0.528. The third-order valence-electron chi connectivity index (χ3n) is 3.11. The molecule has 1 N–H and O–H groups in total. The summed E-state index contributed by atoms with van der Waals surface area (Å²) in [6.45, 7) is 7.62. The average molecular weight is 299 g/mol. The van der Waals surface area contributed by atoms with Crippen LogP contribution in [-0.4, -0.2) is 20.7 Å². The van der Waals surface area contributed by atoms with Gasteiger partial charge in [0.05, 0.1) is 17.6 Å². The zero-order chi connectivity index (χ0) is 16.3. The van der Waals surface area contributed by atoms with Crippen molar-refractivity contribution in [3.8, 4) is 0 Å². The highest BCUT2D eigenvalue weighted by atomic mass is 16.2. The van der Waals surface area contributed by atoms with Crippen molar-refractivity contribution < 1.29 is 4.79 Å². The molecule has 0 aliphatic rings. The summed E-state index contributed by atoms with van der Waals surface area (Å²) in [5.41, 5.74) is 11.2. The molecule has 0 atom stereocenters. The summed E-state index contributed by atoms with van der Waals surface area (Å²) in [7, 11) is 0. The van der Waals surface area contributed by atoms with Gasteiger partial charge in [-0.1, -0.05) is 5.11 Å². The van der Waals surface area contributed by atoms with Crippen molar-refractivity contribution >= 4 is 17.3 Å². The normalized spacial score (nSPS) is 10.4. The molecule has 0 fully saturated rings. The Morgan fingerprint density at radius 2 is 2.14 bits per heavy atom. The predicted octanol–water partition coefficient (Wildman–Crippen LogP) is 3.67. The summed E-state index contributed by atoms with van der Waals surface area (Å²) in [6, 6.07) is 3.48. The smallest absolute Gasteiger partial charge is 0.276 e. The average Bonchev–Trinajstić information content (AvgIpc) is 2.85. The van der Waals surface area contributed by atoms with Gasteiger partial charge in [0.2, 0.25) is 0 Å². The standard InChI is InChI=1S/C14H17N7O/c1-8(2)21-9(3)5-13(19-21)14(22)17-11-6-12(18-20-15)10(4)16-7-11/h5-8H,1-4H3,(H,17,22). The molecule has 2 heterocycles. The first kappa shape index (κ1) is 15.5. The minimum absolute atomic E-state index is 0.180. The number of carbonyl (C=O) groups excluding carboxylic acids is 1. The second-order valence-electron chi connectivity index (χ2n) is 5.18. The number of rotatable bonds is 4. The Kier molecular flexibility index (Phi) is 4.43. The lowest BCUT2D eigenvalue weighted by atomic mass is 10.3. The molecule has 0 spiro atoms. The van der Waals surface area contributed by atoms with Gasteiger partial charge in [0.15, 0.2) is 5.69 Å². The van der Waals surface area contributed by atoms with Crippen molar-refractivity contribution in [1.82, 2.24) is 14.8 Å². The molecule has 0 saturated heterocycles. The van der Waals surface area contributed by atoms with Crippen molar-refractivity contribution in [2.45, 2.75) is 33.7 Å². The Hall–Kier alpha value is -2.86. The number of anilines is 1. The fourth-order valence-electron chi connectivity index (χ4n) is 2.06. The van der Waals surface area contributed by atoms with Crippen LogP contribution in [0.2, 0.25) is 0 Å². The number of nitrogens with one attached hydrogen (secondary N) is 1. The van der Waals surface area contributed by atoms with Crippen molar-refractivity contribution in [1.29, 1.82) is 0 Å². The Labute approximate surface area is 127 Å². The molecule has 0 aliphatic heterocycles. The lowest BCUT2D eigenvalue weighted by Gasteiger charge is -2.07. The van der Waals surface area contributed by atoms with Gasteiger partial charge in [-0.15, -0.1) is 0 Å². The van der Waals surface area contributed by atoms with Gasteiger partial charge in [-0.05, 0) is 45.4 Å². The minimum Gasteiger partial charge on any atom is -0.319 e. The third-order valence-corrected chi connectivity index (χ3v) is 3.11. The molecule has 2 aromatic rings. The Bertz CT molecular complexity index is 757. The Morgan fingerprint density at radius 3 is 2.73 bits per heavy atom. The Balaban J connectivity index is 2.24. The van der Waals surface area contributed by atoms with Crippen LogP contribution in [0.5, 0.6) is 0 Å². The first-order valence-electron chi connectivity index (χ1n) is 6.81. The van der Waals surface area contributed by atoms with Gasteiger partial charge in [0.25, 0.3) is 5.91 Å². The first-order valence-corrected chi connectivity index (χ1v) is 6.81. The van der Waals surface area contributed by atoms with E-state index in [4.69, 9.17) is 5.53 Å². The number of hydrogen-bond donors (Lipinski definition) is 1. The van der Waals surface area contributed by atoms with Crippen molar-refractivity contribution in [2.24, 2.45) is 5.11 Å². The third kappa shape index (κ3) is 3.24. The van der Waals surface area contributed by atoms with Crippen LogP contribution in [0.15, 0.2) is 23.4 Å². The molecule has 0 saturated carbocycles. The van der Waals surface area contributed by atoms with Gasteiger partial charge in [0, 0.05) is 22.3 Å². The lowest BCUT2D eigenvalue weighted by molar-refractivity contribution is 0.102. The van der Waals surface area contributed by atoms with E-state index in [1.54, 1.807) is 23.7 Å². The molecule has 0 aromatic carbocycles. The second kappa shape index (κ2) is 6.28. The number of amides is 1. The van der Waals surface area contributed by atoms with Gasteiger partial charge in [0.1, 0.15) is 0 Å². The zero-order valence-electron chi connectivity index (χ0n) is 12.9. The van der Waals surface area contributed by atoms with E-state index < -0.39 is 0 Å². The van der Waals surface area contributed by atoms with Gasteiger partial charge in [-0.25, -0.2) is 0 Å². The molecule has 0 aliphatic carbocycles. The van der Waals surface area contributed by atoms with E-state index in [0.717, 1.165) is 5.69 Å². The molecule has 2 rings (SSSR count). The highest BCUT2D eigenvalue weighted by Crippen LogP contribution is 2.21. The number of hydrogen-bond acceptors (Lipinski definition) is 4. The largest absolute Gasteiger partial charge is 0.319 e. The van der Waals surface area contributed by atoms with Crippen LogP contribution in [0.25, 0.3) is 10.4 Å². The van der Waals surface area contributed by atoms with Gasteiger partial charge < -0.3 is 5.32 Å². The summed E-state index contributed by atoms with van der Waals surface area (Å²) in [4.78, 5) is 19.1. The zero-order valence-corrected chi connectivity index (χ0v) is 12.9. The maximum absolute atomic E-state index is 12.2. The molecule has 1 amide bonds. The number of aryl methyl sites for hydroxylation is 2. The maximum Gasteiger partial charge on any atom is 0.276 e. The van der Waals surface area contributed by atoms with Crippen LogP contribution in [0.3, 0.4) is 0 Å². The van der Waals surface area contributed by atoms with E-state index in [1.165, 1.54) is 6.20 Å². The Morgan fingerprint density at radius 1 is 1.41 bits per heavy atom. The van der Waals surface area contributed by atoms with E-state index in [9.17, 15) is 4.79 Å². The maximum atomic E-state index is 12.2. The molecular formula is C14H17N7O. The lowest BCUT2D eigenvalue weighted by Crippen LogP contribution is -2.14. The molecular weight excluding hydrogens is 282 g/mol. The van der Waals surface area contributed by atoms with E-state index in [0.29, 0.717) is 22.8 Å². The van der Waals surface area contributed by atoms with Crippen LogP contribution < -0.4 is 5.32 Å². The second-order valence-corrected chi connectivity index (χ2v) is 5.18. The fourth-order valence-corrected chi connectivity index (χ4v) is 2.06. The minimum atomic E-state index is -0.333. The molecule has 2 aromatic heterocycles. The summed E-state index contributed by atoms with van der Waals surface area (Å²) in [5.74, 6) is -0.333. The molecule has 0 bridgehead atoms. The van der Waals surface area contributed by atoms with Crippen LogP contribution in [0, 0.1) is 13.8 Å². The highest BCUT2D eigenvalue weighted by Gasteiger charge is 2.14. The molecule has 0 radical (unpaired) electrons. The van der Waals surface area contributed by atoms with Crippen molar-refractivity contribution in [3.05, 3.63) is 45.9 Å². The van der Waals surface area contributed by atoms with Crippen LogP contribution in [0.1, 0.15) is 41.8 Å². The first-order chi connectivity index (χ1) is 10.4. The summed E-state index contributed by atoms with van der Waals surface area (Å²) < 4.78 is 1.79. The fraction of sp³-hybridized carbons (Fsp3) is 0.357. The number of azide groups is 1. The van der Waals surface area contributed by atoms with E-state index >= 15 is 0 Å². The molecule has 0 unspecified atom stereocenters. The number of aromatic nitrogens is 3. The monoisotopic (exact) mass is 299 g/mol. The number of carbonyl (C=O) groups is 1. The molecule has 22 heavy (non-hydrogen) atoms. The van der Waals surface area contributed by atoms with Gasteiger partial charge in [-0.3, -0.25) is 14.5 Å². The van der Waals surface area contributed by atoms with Crippen LogP contribution >= 0.6 is 0 Å². The van der Waals surface area contributed by atoms with E-state index in [2.05, 4.69) is 25.4 Å². The highest BCUT2D eigenvalue weighted by molar-refractivity contribution is 6.03. The van der Waals surface area contributed by atoms with Gasteiger partial charge in [-0.2, -0.15) is 5.10 Å². The summed E-state index contributed by atoms with van der Waals surface area (Å²) in [6.07, 6.45) is 1.51. The van der Waals surface area contributed by atoms with Crippen LogP contribution in [-0.2, 0) is 0 Å². The van der Waals surface area contributed by atoms with Gasteiger partial charge >= 0.3 is 0 Å². The molecule has 114 valence electrons. The topological polar surface area (TPSA) is 109 Å². The molecule has 8 nitrogen and oxygen atoms in total. The van der Waals surface area contributed by atoms with E-state index in [1.807, 2.05) is 20.8 Å². The number of pyridine rings is 1.